The van der Waals surface area contributed by atoms with Crippen LogP contribution in [0.1, 0.15) is 42.1 Å². The van der Waals surface area contributed by atoms with Gasteiger partial charge in [0.15, 0.2) is 0 Å². The molecule has 1 atom stereocenters. The number of thiophene rings is 1. The minimum atomic E-state index is -0.0146. The number of aromatic nitrogens is 2. The van der Waals surface area contributed by atoms with Crippen LogP contribution in [-0.2, 0) is 0 Å². The predicted octanol–water partition coefficient (Wildman–Crippen LogP) is 4.97. The van der Waals surface area contributed by atoms with Gasteiger partial charge in [0, 0.05) is 16.5 Å². The molecule has 1 amide bonds. The molecule has 0 unspecified atom stereocenters. The number of nitrogens with zero attached hydrogens (tertiary/aromatic N) is 2. The summed E-state index contributed by atoms with van der Waals surface area (Å²) < 4.78 is 1.87. The van der Waals surface area contributed by atoms with E-state index < -0.39 is 0 Å². The van der Waals surface area contributed by atoms with Crippen molar-refractivity contribution >= 4 is 39.1 Å². The second kappa shape index (κ2) is 6.95. The average Bonchev–Trinajstić information content (AvgIpc) is 3.09. The molecule has 3 rings (SSSR count). The van der Waals surface area contributed by atoms with Gasteiger partial charge in [-0.2, -0.15) is 5.10 Å². The van der Waals surface area contributed by atoms with Crippen molar-refractivity contribution in [2.45, 2.75) is 39.7 Å². The molecular weight excluding hydrogens is 342 g/mol. The van der Waals surface area contributed by atoms with Gasteiger partial charge >= 0.3 is 0 Å². The second-order valence-electron chi connectivity index (χ2n) is 5.97. The number of halogens is 1. The Bertz CT molecular complexity index is 866. The van der Waals surface area contributed by atoms with E-state index in [1.807, 2.05) is 48.9 Å². The minimum absolute atomic E-state index is 0.0146. The van der Waals surface area contributed by atoms with Gasteiger partial charge in [0.1, 0.15) is 4.83 Å². The van der Waals surface area contributed by atoms with Gasteiger partial charge in [0.2, 0.25) is 0 Å². The molecule has 0 spiro atoms. The SMILES string of the molecule is CCC[C@@H](C)NC(=O)c1cc2c(C)nn(-c3ccc(Cl)cc3)c2s1. The average molecular weight is 362 g/mol. The van der Waals surface area contributed by atoms with Gasteiger partial charge in [-0.05, 0) is 50.6 Å². The Kier molecular flexibility index (Phi) is 4.92. The van der Waals surface area contributed by atoms with Gasteiger partial charge in [-0.3, -0.25) is 4.79 Å². The molecule has 0 saturated heterocycles. The number of fused-ring (bicyclic) bond motifs is 1. The van der Waals surface area contributed by atoms with E-state index in [9.17, 15) is 4.79 Å². The number of carbonyl (C=O) groups is 1. The van der Waals surface area contributed by atoms with Gasteiger partial charge in [0.05, 0.1) is 16.3 Å². The molecule has 0 bridgehead atoms. The first-order chi connectivity index (χ1) is 11.5. The number of hydrogen-bond donors (Lipinski definition) is 1. The topological polar surface area (TPSA) is 46.9 Å². The van der Waals surface area contributed by atoms with Crippen LogP contribution in [0.3, 0.4) is 0 Å². The molecule has 6 heteroatoms. The highest BCUT2D eigenvalue weighted by Gasteiger charge is 2.18. The normalized spacial score (nSPS) is 12.5. The molecule has 0 aliphatic rings. The third-order valence-corrected chi connectivity index (χ3v) is 5.30. The Morgan fingerprint density at radius 2 is 2.08 bits per heavy atom. The van der Waals surface area contributed by atoms with E-state index in [1.54, 1.807) is 0 Å². The highest BCUT2D eigenvalue weighted by Crippen LogP contribution is 2.30. The molecule has 2 aromatic heterocycles. The maximum Gasteiger partial charge on any atom is 0.261 e. The maximum atomic E-state index is 12.5. The van der Waals surface area contributed by atoms with Crippen molar-refractivity contribution < 1.29 is 4.79 Å². The van der Waals surface area contributed by atoms with Crippen molar-refractivity contribution in [1.82, 2.24) is 15.1 Å². The summed E-state index contributed by atoms with van der Waals surface area (Å²) in [5, 5.41) is 9.36. The lowest BCUT2D eigenvalue weighted by Crippen LogP contribution is -2.31. The predicted molar refractivity (Wildman–Crippen MR) is 101 cm³/mol. The number of rotatable bonds is 5. The quantitative estimate of drug-likeness (QED) is 0.697. The van der Waals surface area contributed by atoms with Crippen LogP contribution in [0.2, 0.25) is 5.02 Å². The molecule has 1 N–H and O–H groups in total. The van der Waals surface area contributed by atoms with Crippen molar-refractivity contribution in [2.24, 2.45) is 0 Å². The van der Waals surface area contributed by atoms with Crippen molar-refractivity contribution in [3.8, 4) is 5.69 Å². The molecule has 4 nitrogen and oxygen atoms in total. The van der Waals surface area contributed by atoms with Crippen LogP contribution < -0.4 is 5.32 Å². The fourth-order valence-corrected chi connectivity index (χ4v) is 3.93. The molecule has 0 aliphatic heterocycles. The number of benzene rings is 1. The minimum Gasteiger partial charge on any atom is -0.349 e. The van der Waals surface area contributed by atoms with Crippen molar-refractivity contribution in [1.29, 1.82) is 0 Å². The Morgan fingerprint density at radius 3 is 2.75 bits per heavy atom. The molecule has 0 fully saturated rings. The van der Waals surface area contributed by atoms with Gasteiger partial charge in [-0.25, -0.2) is 4.68 Å². The monoisotopic (exact) mass is 361 g/mol. The van der Waals surface area contributed by atoms with Crippen LogP contribution in [0.25, 0.3) is 15.9 Å². The van der Waals surface area contributed by atoms with Crippen LogP contribution in [-0.4, -0.2) is 21.7 Å². The Labute approximate surface area is 150 Å². The number of aryl methyl sites for hydroxylation is 1. The van der Waals surface area contributed by atoms with Gasteiger partial charge in [-0.15, -0.1) is 11.3 Å². The smallest absolute Gasteiger partial charge is 0.261 e. The number of hydrogen-bond acceptors (Lipinski definition) is 3. The summed E-state index contributed by atoms with van der Waals surface area (Å²) in [6.07, 6.45) is 2.03. The van der Waals surface area contributed by atoms with Crippen LogP contribution >= 0.6 is 22.9 Å². The van der Waals surface area contributed by atoms with E-state index in [0.717, 1.165) is 39.3 Å². The molecule has 126 valence electrons. The summed E-state index contributed by atoms with van der Waals surface area (Å²) in [7, 11) is 0. The molecule has 24 heavy (non-hydrogen) atoms. The molecule has 0 saturated carbocycles. The third-order valence-electron chi connectivity index (χ3n) is 3.94. The van der Waals surface area contributed by atoms with Crippen LogP contribution in [0, 0.1) is 6.92 Å². The maximum absolute atomic E-state index is 12.5. The van der Waals surface area contributed by atoms with Gasteiger partial charge in [-0.1, -0.05) is 24.9 Å². The van der Waals surface area contributed by atoms with E-state index in [0.29, 0.717) is 5.02 Å². The molecule has 3 aromatic rings. The zero-order valence-corrected chi connectivity index (χ0v) is 15.5. The first-order valence-corrected chi connectivity index (χ1v) is 9.25. The lowest BCUT2D eigenvalue weighted by atomic mass is 10.2. The lowest BCUT2D eigenvalue weighted by Gasteiger charge is -2.11. The third kappa shape index (κ3) is 3.32. The molecular formula is C18H20ClN3OS. The lowest BCUT2D eigenvalue weighted by molar-refractivity contribution is 0.0942. The first kappa shape index (κ1) is 17.0. The van der Waals surface area contributed by atoms with Crippen LogP contribution in [0.4, 0.5) is 0 Å². The summed E-state index contributed by atoms with van der Waals surface area (Å²) in [5.74, 6) is -0.0146. The number of amides is 1. The number of nitrogens with one attached hydrogen (secondary N) is 1. The van der Waals surface area contributed by atoms with Gasteiger partial charge < -0.3 is 5.32 Å². The van der Waals surface area contributed by atoms with E-state index >= 15 is 0 Å². The van der Waals surface area contributed by atoms with Gasteiger partial charge in [0.25, 0.3) is 5.91 Å². The number of carbonyl (C=O) groups excluding carboxylic acids is 1. The van der Waals surface area contributed by atoms with E-state index in [1.165, 1.54) is 11.3 Å². The van der Waals surface area contributed by atoms with Crippen molar-refractivity contribution in [2.75, 3.05) is 0 Å². The van der Waals surface area contributed by atoms with E-state index in [2.05, 4.69) is 17.3 Å². The van der Waals surface area contributed by atoms with Crippen molar-refractivity contribution in [3.63, 3.8) is 0 Å². The summed E-state index contributed by atoms with van der Waals surface area (Å²) in [5.41, 5.74) is 1.85. The second-order valence-corrected chi connectivity index (χ2v) is 7.43. The Balaban J connectivity index is 1.95. The largest absolute Gasteiger partial charge is 0.349 e. The summed E-state index contributed by atoms with van der Waals surface area (Å²) in [6.45, 7) is 6.12. The van der Waals surface area contributed by atoms with Crippen molar-refractivity contribution in [3.05, 3.63) is 45.9 Å². The van der Waals surface area contributed by atoms with Crippen LogP contribution in [0.15, 0.2) is 30.3 Å². The first-order valence-electron chi connectivity index (χ1n) is 8.05. The fourth-order valence-electron chi connectivity index (χ4n) is 2.72. The summed E-state index contributed by atoms with van der Waals surface area (Å²) in [4.78, 5) is 14.1. The fraction of sp³-hybridized carbons (Fsp3) is 0.333. The standard InChI is InChI=1S/C18H20ClN3OS/c1-4-5-11(2)20-17(23)16-10-15-12(3)21-22(18(15)24-16)14-8-6-13(19)7-9-14/h6-11H,4-5H2,1-3H3,(H,20,23)/t11-/m1/s1. The molecule has 0 radical (unpaired) electrons. The zero-order chi connectivity index (χ0) is 17.3. The van der Waals surface area contributed by atoms with E-state index in [4.69, 9.17) is 11.6 Å². The molecule has 2 heterocycles. The Morgan fingerprint density at radius 1 is 1.38 bits per heavy atom. The molecule has 0 aliphatic carbocycles. The molecule has 1 aromatic carbocycles. The summed E-state index contributed by atoms with van der Waals surface area (Å²) in [6, 6.07) is 9.65. The zero-order valence-electron chi connectivity index (χ0n) is 14.0. The highest BCUT2D eigenvalue weighted by molar-refractivity contribution is 7.20. The Hall–Kier alpha value is -1.85. The highest BCUT2D eigenvalue weighted by atomic mass is 35.5. The summed E-state index contributed by atoms with van der Waals surface area (Å²) >= 11 is 7.43. The van der Waals surface area contributed by atoms with E-state index in [-0.39, 0.29) is 11.9 Å². The van der Waals surface area contributed by atoms with Crippen LogP contribution in [0.5, 0.6) is 0 Å².